The van der Waals surface area contributed by atoms with Crippen LogP contribution in [0.5, 0.6) is 0 Å². The van der Waals surface area contributed by atoms with E-state index >= 15 is 0 Å². The van der Waals surface area contributed by atoms with Crippen LogP contribution in [0.15, 0.2) is 24.3 Å². The van der Waals surface area contributed by atoms with Gasteiger partial charge in [0.05, 0.1) is 5.92 Å². The molecule has 6 heteroatoms. The SMILES string of the molecule is CCCC/C=C/C1C=CC(CCCCCCCC(=O)OOC(C)(C)C)CC1C(=O)OOC(C)(C)C. The fourth-order valence-electron chi connectivity index (χ4n) is 3.87. The number of carbonyl (C=O) groups excluding carboxylic acids is 2. The Labute approximate surface area is 213 Å². The first-order valence-electron chi connectivity index (χ1n) is 13.5. The zero-order chi connectivity index (χ0) is 26.3. The minimum Gasteiger partial charge on any atom is -0.298 e. The molecule has 0 aromatic carbocycles. The molecule has 0 saturated heterocycles. The molecule has 0 spiro atoms. The van der Waals surface area contributed by atoms with Crippen LogP contribution in [-0.4, -0.2) is 23.1 Å². The molecule has 1 aliphatic carbocycles. The maximum atomic E-state index is 12.8. The van der Waals surface area contributed by atoms with Gasteiger partial charge in [0.1, 0.15) is 11.2 Å². The van der Waals surface area contributed by atoms with Gasteiger partial charge in [-0.1, -0.05) is 69.8 Å². The summed E-state index contributed by atoms with van der Waals surface area (Å²) in [6.07, 6.45) is 19.5. The van der Waals surface area contributed by atoms with Crippen molar-refractivity contribution in [3.8, 4) is 0 Å². The van der Waals surface area contributed by atoms with Crippen molar-refractivity contribution >= 4 is 11.9 Å². The molecular formula is C29H50O6. The van der Waals surface area contributed by atoms with Gasteiger partial charge < -0.3 is 0 Å². The van der Waals surface area contributed by atoms with Crippen molar-refractivity contribution < 1.29 is 29.1 Å². The summed E-state index contributed by atoms with van der Waals surface area (Å²) in [5, 5.41) is 0. The molecular weight excluding hydrogens is 444 g/mol. The van der Waals surface area contributed by atoms with Crippen LogP contribution in [0.3, 0.4) is 0 Å². The van der Waals surface area contributed by atoms with Crippen molar-refractivity contribution in [3.05, 3.63) is 24.3 Å². The Bertz CT molecular complexity index is 668. The average molecular weight is 495 g/mol. The summed E-state index contributed by atoms with van der Waals surface area (Å²) < 4.78 is 0. The summed E-state index contributed by atoms with van der Waals surface area (Å²) in [6, 6.07) is 0. The standard InChI is InChI=1S/C29H50O6/c1-8-9-10-15-18-24-21-20-23(22-25(24)27(31)33-35-29(5,6)7)17-14-12-11-13-16-19-26(30)32-34-28(2,3)4/h15,18,20-21,23-25H,8-14,16-17,19,22H2,1-7H3/b18-15+. The van der Waals surface area contributed by atoms with Crippen molar-refractivity contribution in [3.63, 3.8) is 0 Å². The molecule has 0 radical (unpaired) electrons. The third-order valence-corrected chi connectivity index (χ3v) is 5.73. The number of hydrogen-bond acceptors (Lipinski definition) is 6. The fraction of sp³-hybridized carbons (Fsp3) is 0.793. The van der Waals surface area contributed by atoms with Gasteiger partial charge in [-0.2, -0.15) is 9.78 Å². The molecule has 35 heavy (non-hydrogen) atoms. The van der Waals surface area contributed by atoms with Gasteiger partial charge in [0.15, 0.2) is 0 Å². The smallest absolute Gasteiger partial charge is 0.298 e. The van der Waals surface area contributed by atoms with E-state index in [-0.39, 0.29) is 23.8 Å². The van der Waals surface area contributed by atoms with Crippen LogP contribution in [0.4, 0.5) is 0 Å². The summed E-state index contributed by atoms with van der Waals surface area (Å²) in [5.41, 5.74) is -1.01. The van der Waals surface area contributed by atoms with Gasteiger partial charge in [0, 0.05) is 12.3 Å². The molecule has 0 aliphatic heterocycles. The second kappa shape index (κ2) is 16.2. The lowest BCUT2D eigenvalue weighted by Crippen LogP contribution is -2.31. The lowest BCUT2D eigenvalue weighted by atomic mass is 9.77. The molecule has 0 saturated carbocycles. The zero-order valence-corrected chi connectivity index (χ0v) is 23.3. The van der Waals surface area contributed by atoms with Crippen LogP contribution in [0.25, 0.3) is 0 Å². The molecule has 6 nitrogen and oxygen atoms in total. The molecule has 1 rings (SSSR count). The van der Waals surface area contributed by atoms with Crippen molar-refractivity contribution in [2.45, 2.75) is 130 Å². The van der Waals surface area contributed by atoms with Crippen LogP contribution in [0.1, 0.15) is 119 Å². The first kappa shape index (κ1) is 31.4. The summed E-state index contributed by atoms with van der Waals surface area (Å²) in [5.74, 6) is -0.375. The zero-order valence-electron chi connectivity index (χ0n) is 23.3. The normalized spacial score (nSPS) is 20.8. The maximum absolute atomic E-state index is 12.8. The number of allylic oxidation sites excluding steroid dienone is 4. The molecule has 0 N–H and O–H groups in total. The molecule has 0 fully saturated rings. The van der Waals surface area contributed by atoms with Gasteiger partial charge in [0.25, 0.3) is 0 Å². The Morgan fingerprint density at radius 1 is 0.857 bits per heavy atom. The molecule has 0 heterocycles. The van der Waals surface area contributed by atoms with E-state index in [0.29, 0.717) is 12.3 Å². The first-order chi connectivity index (χ1) is 16.4. The van der Waals surface area contributed by atoms with E-state index < -0.39 is 11.2 Å². The minimum absolute atomic E-state index is 0.0567. The summed E-state index contributed by atoms with van der Waals surface area (Å²) in [6.45, 7) is 13.3. The Morgan fingerprint density at radius 2 is 1.49 bits per heavy atom. The predicted molar refractivity (Wildman–Crippen MR) is 139 cm³/mol. The molecule has 0 aromatic rings. The average Bonchev–Trinajstić information content (AvgIpc) is 2.77. The predicted octanol–water partition coefficient (Wildman–Crippen LogP) is 7.82. The summed E-state index contributed by atoms with van der Waals surface area (Å²) in [4.78, 5) is 44.9. The lowest BCUT2D eigenvalue weighted by Gasteiger charge is -2.29. The van der Waals surface area contributed by atoms with E-state index in [2.05, 4.69) is 31.2 Å². The highest BCUT2D eigenvalue weighted by molar-refractivity contribution is 5.73. The van der Waals surface area contributed by atoms with Crippen LogP contribution in [0.2, 0.25) is 0 Å². The highest BCUT2D eigenvalue weighted by Gasteiger charge is 2.33. The minimum atomic E-state index is -0.525. The Balaban J connectivity index is 2.41. The van der Waals surface area contributed by atoms with Gasteiger partial charge in [-0.05, 0) is 73.1 Å². The Morgan fingerprint density at radius 3 is 2.14 bits per heavy atom. The highest BCUT2D eigenvalue weighted by atomic mass is 17.2. The first-order valence-corrected chi connectivity index (χ1v) is 13.5. The Kier molecular flexibility index (Phi) is 14.5. The highest BCUT2D eigenvalue weighted by Crippen LogP contribution is 2.34. The third kappa shape index (κ3) is 15.8. The number of carbonyl (C=O) groups is 2. The van der Waals surface area contributed by atoms with Gasteiger partial charge in [-0.15, -0.1) is 0 Å². The summed E-state index contributed by atoms with van der Waals surface area (Å²) >= 11 is 0. The molecule has 0 aromatic heterocycles. The topological polar surface area (TPSA) is 71.1 Å². The third-order valence-electron chi connectivity index (χ3n) is 5.73. The van der Waals surface area contributed by atoms with Crippen LogP contribution in [-0.2, 0) is 29.1 Å². The second-order valence-electron chi connectivity index (χ2n) is 11.7. The van der Waals surface area contributed by atoms with E-state index in [9.17, 15) is 9.59 Å². The molecule has 3 unspecified atom stereocenters. The van der Waals surface area contributed by atoms with Crippen molar-refractivity contribution in [2.24, 2.45) is 17.8 Å². The van der Waals surface area contributed by atoms with Crippen LogP contribution >= 0.6 is 0 Å². The van der Waals surface area contributed by atoms with Gasteiger partial charge in [-0.25, -0.2) is 9.59 Å². The van der Waals surface area contributed by atoms with E-state index in [1.165, 1.54) is 0 Å². The van der Waals surface area contributed by atoms with Crippen LogP contribution < -0.4 is 0 Å². The molecule has 3 atom stereocenters. The fourth-order valence-corrected chi connectivity index (χ4v) is 3.87. The monoisotopic (exact) mass is 494 g/mol. The molecule has 0 amide bonds. The van der Waals surface area contributed by atoms with Gasteiger partial charge >= 0.3 is 11.9 Å². The molecule has 1 aliphatic rings. The largest absolute Gasteiger partial charge is 0.346 e. The van der Waals surface area contributed by atoms with E-state index in [4.69, 9.17) is 19.6 Å². The van der Waals surface area contributed by atoms with E-state index in [1.54, 1.807) is 0 Å². The van der Waals surface area contributed by atoms with Crippen molar-refractivity contribution in [1.82, 2.24) is 0 Å². The van der Waals surface area contributed by atoms with Crippen molar-refractivity contribution in [1.29, 1.82) is 0 Å². The van der Waals surface area contributed by atoms with Crippen molar-refractivity contribution in [2.75, 3.05) is 0 Å². The maximum Gasteiger partial charge on any atom is 0.346 e. The molecule has 202 valence electrons. The van der Waals surface area contributed by atoms with Crippen LogP contribution in [0, 0.1) is 17.8 Å². The summed E-state index contributed by atoms with van der Waals surface area (Å²) in [7, 11) is 0. The number of unbranched alkanes of at least 4 members (excludes halogenated alkanes) is 6. The quantitative estimate of drug-likeness (QED) is 0.1000. The number of rotatable bonds is 15. The number of hydrogen-bond donors (Lipinski definition) is 0. The lowest BCUT2D eigenvalue weighted by molar-refractivity contribution is -0.323. The van der Waals surface area contributed by atoms with Gasteiger partial charge in [-0.3, -0.25) is 9.78 Å². The van der Waals surface area contributed by atoms with E-state index in [0.717, 1.165) is 64.2 Å². The molecule has 0 bridgehead atoms. The second-order valence-corrected chi connectivity index (χ2v) is 11.7. The van der Waals surface area contributed by atoms with Gasteiger partial charge in [0.2, 0.25) is 0 Å². The Hall–Kier alpha value is -1.66. The van der Waals surface area contributed by atoms with E-state index in [1.807, 2.05) is 41.5 Å².